The van der Waals surface area contributed by atoms with E-state index < -0.39 is 12.0 Å². The summed E-state index contributed by atoms with van der Waals surface area (Å²) in [6, 6.07) is 16.0. The van der Waals surface area contributed by atoms with Crippen molar-refractivity contribution in [2.45, 2.75) is 32.0 Å². The lowest BCUT2D eigenvalue weighted by Crippen LogP contribution is -2.26. The molecule has 6 heteroatoms. The van der Waals surface area contributed by atoms with E-state index in [1.807, 2.05) is 31.2 Å². The van der Waals surface area contributed by atoms with Crippen molar-refractivity contribution in [3.05, 3.63) is 89.2 Å². The fourth-order valence-corrected chi connectivity index (χ4v) is 3.49. The van der Waals surface area contributed by atoms with Gasteiger partial charge < -0.3 is 15.2 Å². The molecule has 2 heterocycles. The fourth-order valence-electron chi connectivity index (χ4n) is 3.49. The lowest BCUT2D eigenvalue weighted by Gasteiger charge is -2.26. The number of Topliss-reactive ketones (excluding diaryl/α,β-unsaturated/α-hetero) is 1. The standard InChI is InChI=1S/C24H22N2O4/c1-2-18-13-21(27)20-8-7-19(14-22(20)29-18)30-23(16-9-11-26-12-10-16)15-3-5-17(6-4-15)24(25)28/h3-12,14,18,23H,2,13H2,1H3,(H2,25,28)/t18-,23?/m1/s1. The Balaban J connectivity index is 1.67. The van der Waals surface area contributed by atoms with Crippen molar-refractivity contribution in [3.63, 3.8) is 0 Å². The van der Waals surface area contributed by atoms with Gasteiger partial charge in [0.25, 0.3) is 0 Å². The molecule has 0 fully saturated rings. The lowest BCUT2D eigenvalue weighted by atomic mass is 9.99. The number of ketones is 1. The van der Waals surface area contributed by atoms with Crippen LogP contribution in [-0.2, 0) is 0 Å². The minimum absolute atomic E-state index is 0.0855. The first-order valence-corrected chi connectivity index (χ1v) is 9.85. The highest BCUT2D eigenvalue weighted by atomic mass is 16.5. The third-order valence-electron chi connectivity index (χ3n) is 5.18. The van der Waals surface area contributed by atoms with E-state index in [1.165, 1.54) is 0 Å². The van der Waals surface area contributed by atoms with Crippen molar-refractivity contribution in [2.24, 2.45) is 5.73 Å². The number of fused-ring (bicyclic) bond motifs is 1. The predicted molar refractivity (Wildman–Crippen MR) is 112 cm³/mol. The molecule has 0 radical (unpaired) electrons. The molecule has 0 aliphatic carbocycles. The van der Waals surface area contributed by atoms with E-state index in [9.17, 15) is 9.59 Å². The Labute approximate surface area is 174 Å². The Hall–Kier alpha value is -3.67. The van der Waals surface area contributed by atoms with E-state index in [-0.39, 0.29) is 11.9 Å². The minimum Gasteiger partial charge on any atom is -0.489 e. The van der Waals surface area contributed by atoms with E-state index in [0.717, 1.165) is 17.5 Å². The van der Waals surface area contributed by atoms with Crippen LogP contribution in [0.4, 0.5) is 0 Å². The highest BCUT2D eigenvalue weighted by molar-refractivity contribution is 6.00. The van der Waals surface area contributed by atoms with Gasteiger partial charge in [-0.1, -0.05) is 19.1 Å². The molecule has 0 saturated heterocycles. The van der Waals surface area contributed by atoms with Crippen molar-refractivity contribution in [1.29, 1.82) is 0 Å². The molecule has 4 rings (SSSR count). The number of nitrogens with two attached hydrogens (primary N) is 1. The average Bonchev–Trinajstić information content (AvgIpc) is 2.77. The SMILES string of the molecule is CC[C@@H]1CC(=O)c2ccc(OC(c3ccncc3)c3ccc(C(N)=O)cc3)cc2O1. The maximum absolute atomic E-state index is 12.4. The Morgan fingerprint density at radius 1 is 1.13 bits per heavy atom. The van der Waals surface area contributed by atoms with Crippen molar-refractivity contribution >= 4 is 11.7 Å². The van der Waals surface area contributed by atoms with Gasteiger partial charge in [-0.25, -0.2) is 0 Å². The van der Waals surface area contributed by atoms with Crippen LogP contribution in [0.25, 0.3) is 0 Å². The summed E-state index contributed by atoms with van der Waals surface area (Å²) in [4.78, 5) is 27.8. The summed E-state index contributed by atoms with van der Waals surface area (Å²) < 4.78 is 12.3. The molecule has 0 saturated carbocycles. The van der Waals surface area contributed by atoms with Gasteiger partial charge in [0.2, 0.25) is 5.91 Å². The second-order valence-electron chi connectivity index (χ2n) is 7.20. The number of aromatic nitrogens is 1. The Bertz CT molecular complexity index is 1060. The summed E-state index contributed by atoms with van der Waals surface area (Å²) in [6.07, 6.45) is 4.01. The Morgan fingerprint density at radius 3 is 2.50 bits per heavy atom. The number of rotatable bonds is 6. The van der Waals surface area contributed by atoms with Gasteiger partial charge in [-0.15, -0.1) is 0 Å². The van der Waals surface area contributed by atoms with Crippen LogP contribution in [0.15, 0.2) is 67.0 Å². The van der Waals surface area contributed by atoms with Crippen LogP contribution >= 0.6 is 0 Å². The van der Waals surface area contributed by atoms with E-state index in [0.29, 0.717) is 29.0 Å². The van der Waals surface area contributed by atoms with Crippen molar-refractivity contribution in [2.75, 3.05) is 0 Å². The zero-order chi connectivity index (χ0) is 21.1. The molecule has 152 valence electrons. The number of hydrogen-bond acceptors (Lipinski definition) is 5. The molecule has 1 amide bonds. The van der Waals surface area contributed by atoms with Crippen LogP contribution in [0, 0.1) is 0 Å². The van der Waals surface area contributed by atoms with Gasteiger partial charge in [0.15, 0.2) is 5.78 Å². The van der Waals surface area contributed by atoms with E-state index in [1.54, 1.807) is 42.7 Å². The molecule has 2 aromatic carbocycles. The van der Waals surface area contributed by atoms with Crippen LogP contribution in [0.2, 0.25) is 0 Å². The molecule has 1 unspecified atom stereocenters. The zero-order valence-corrected chi connectivity index (χ0v) is 16.6. The highest BCUT2D eigenvalue weighted by Gasteiger charge is 2.26. The summed E-state index contributed by atoms with van der Waals surface area (Å²) in [6.45, 7) is 2.00. The van der Waals surface area contributed by atoms with Gasteiger partial charge >= 0.3 is 0 Å². The van der Waals surface area contributed by atoms with Crippen LogP contribution in [0.5, 0.6) is 11.5 Å². The van der Waals surface area contributed by atoms with E-state index >= 15 is 0 Å². The molecule has 2 atom stereocenters. The van der Waals surface area contributed by atoms with Gasteiger partial charge in [-0.2, -0.15) is 0 Å². The third kappa shape index (κ3) is 4.03. The average molecular weight is 402 g/mol. The molecule has 0 bridgehead atoms. The summed E-state index contributed by atoms with van der Waals surface area (Å²) >= 11 is 0. The summed E-state index contributed by atoms with van der Waals surface area (Å²) in [5, 5.41) is 0. The van der Waals surface area contributed by atoms with Crippen molar-refractivity contribution < 1.29 is 19.1 Å². The normalized spacial score (nSPS) is 16.3. The van der Waals surface area contributed by atoms with E-state index in [2.05, 4.69) is 4.98 Å². The maximum atomic E-state index is 12.4. The number of carbonyl (C=O) groups is 2. The topological polar surface area (TPSA) is 91.5 Å². The number of primary amides is 1. The fraction of sp³-hybridized carbons (Fsp3) is 0.208. The number of pyridine rings is 1. The molecule has 6 nitrogen and oxygen atoms in total. The van der Waals surface area contributed by atoms with Gasteiger partial charge in [-0.3, -0.25) is 14.6 Å². The lowest BCUT2D eigenvalue weighted by molar-refractivity contribution is 0.0844. The number of benzene rings is 2. The second kappa shape index (κ2) is 8.37. The number of amides is 1. The predicted octanol–water partition coefficient (Wildman–Crippen LogP) is 4.09. The smallest absolute Gasteiger partial charge is 0.248 e. The number of hydrogen-bond donors (Lipinski definition) is 1. The minimum atomic E-state index is -0.482. The molecule has 2 N–H and O–H groups in total. The van der Waals surface area contributed by atoms with Crippen molar-refractivity contribution in [3.8, 4) is 11.5 Å². The maximum Gasteiger partial charge on any atom is 0.248 e. The van der Waals surface area contributed by atoms with Gasteiger partial charge in [0.05, 0.1) is 5.56 Å². The third-order valence-corrected chi connectivity index (χ3v) is 5.18. The number of nitrogens with zero attached hydrogens (tertiary/aromatic N) is 1. The number of ether oxygens (including phenoxy) is 2. The molecule has 1 aliphatic heterocycles. The first-order valence-electron chi connectivity index (χ1n) is 9.85. The first kappa shape index (κ1) is 19.6. The molecule has 0 spiro atoms. The molecular formula is C24H22N2O4. The molecule has 30 heavy (non-hydrogen) atoms. The second-order valence-corrected chi connectivity index (χ2v) is 7.20. The van der Waals surface area contributed by atoms with Crippen LogP contribution in [0.3, 0.4) is 0 Å². The highest BCUT2D eigenvalue weighted by Crippen LogP contribution is 2.35. The summed E-state index contributed by atoms with van der Waals surface area (Å²) in [5.74, 6) is 0.736. The van der Waals surface area contributed by atoms with E-state index in [4.69, 9.17) is 15.2 Å². The number of carbonyl (C=O) groups excluding carboxylic acids is 2. The van der Waals surface area contributed by atoms with Crippen LogP contribution in [0.1, 0.15) is 57.7 Å². The first-order chi connectivity index (χ1) is 14.5. The largest absolute Gasteiger partial charge is 0.489 e. The zero-order valence-electron chi connectivity index (χ0n) is 16.6. The monoisotopic (exact) mass is 402 g/mol. The quantitative estimate of drug-likeness (QED) is 0.670. The van der Waals surface area contributed by atoms with Crippen LogP contribution in [-0.4, -0.2) is 22.8 Å². The van der Waals surface area contributed by atoms with Gasteiger partial charge in [0, 0.05) is 30.4 Å². The van der Waals surface area contributed by atoms with Crippen molar-refractivity contribution in [1.82, 2.24) is 4.98 Å². The molecule has 3 aromatic rings. The Kier molecular flexibility index (Phi) is 5.48. The van der Waals surface area contributed by atoms with Gasteiger partial charge in [0.1, 0.15) is 23.7 Å². The Morgan fingerprint density at radius 2 is 1.83 bits per heavy atom. The summed E-state index contributed by atoms with van der Waals surface area (Å²) in [5.41, 5.74) is 8.12. The van der Waals surface area contributed by atoms with Crippen LogP contribution < -0.4 is 15.2 Å². The molecule has 1 aliphatic rings. The molecular weight excluding hydrogens is 380 g/mol. The molecule has 1 aromatic heterocycles. The van der Waals surface area contributed by atoms with Gasteiger partial charge in [-0.05, 0) is 53.9 Å². The summed E-state index contributed by atoms with van der Waals surface area (Å²) in [7, 11) is 0.